The number of esters is 2. The Morgan fingerprint density at radius 2 is 2.04 bits per heavy atom. The maximum absolute atomic E-state index is 14.4. The van der Waals surface area contributed by atoms with Crippen molar-refractivity contribution < 1.29 is 27.8 Å². The van der Waals surface area contributed by atoms with E-state index in [9.17, 15) is 18.4 Å². The number of piperidine rings is 1. The molecule has 0 unspecified atom stereocenters. The molecule has 0 aliphatic carbocycles. The smallest absolute Gasteiger partial charge is 0.360 e. The van der Waals surface area contributed by atoms with Crippen LogP contribution in [0.25, 0.3) is 0 Å². The highest BCUT2D eigenvalue weighted by Gasteiger charge is 2.43. The van der Waals surface area contributed by atoms with Crippen LogP contribution in [-0.2, 0) is 14.3 Å². The lowest BCUT2D eigenvalue weighted by Crippen LogP contribution is -2.47. The van der Waals surface area contributed by atoms with Gasteiger partial charge in [0, 0.05) is 25.9 Å². The van der Waals surface area contributed by atoms with Crippen LogP contribution in [0.2, 0.25) is 0 Å². The zero-order valence-electron chi connectivity index (χ0n) is 12.8. The average Bonchev–Trinajstić information content (AvgIpc) is 2.55. The number of halogens is 2. The summed E-state index contributed by atoms with van der Waals surface area (Å²) in [5.74, 6) is -2.61. The molecule has 0 spiro atoms. The van der Waals surface area contributed by atoms with Crippen LogP contribution in [0, 0.1) is 5.82 Å². The molecule has 2 heterocycles. The molecule has 1 aromatic heterocycles. The highest BCUT2D eigenvalue weighted by molar-refractivity contribution is 5.87. The van der Waals surface area contributed by atoms with E-state index in [1.54, 1.807) is 11.8 Å². The summed E-state index contributed by atoms with van der Waals surface area (Å²) in [7, 11) is 1.13. The zero-order valence-corrected chi connectivity index (χ0v) is 12.8. The Morgan fingerprint density at radius 3 is 2.61 bits per heavy atom. The van der Waals surface area contributed by atoms with Crippen molar-refractivity contribution in [3.63, 3.8) is 0 Å². The molecule has 1 aromatic rings. The first kappa shape index (κ1) is 17.0. The fraction of sp³-hybridized carbons (Fsp3) is 0.571. The first-order chi connectivity index (χ1) is 10.9. The van der Waals surface area contributed by atoms with Gasteiger partial charge in [-0.3, -0.25) is 0 Å². The minimum absolute atomic E-state index is 0.0846. The summed E-state index contributed by atoms with van der Waals surface area (Å²) in [4.78, 5) is 32.3. The average molecular weight is 329 g/mol. The number of ether oxygens (including phenoxy) is 2. The normalized spacial score (nSPS) is 16.8. The third kappa shape index (κ3) is 3.54. The largest absolute Gasteiger partial charge is 0.467 e. The first-order valence-corrected chi connectivity index (χ1v) is 7.13. The molecule has 0 amide bonds. The molecule has 1 saturated heterocycles. The standard InChI is InChI=1S/C14H17F2N3O4/c1-3-23-11(20)10-9(15)8-17-13(18-10)19-6-4-14(16,5-7-19)12(21)22-2/h8H,3-7H2,1-2H3. The lowest BCUT2D eigenvalue weighted by atomic mass is 9.93. The summed E-state index contributed by atoms with van der Waals surface area (Å²) in [5, 5.41) is 0. The molecule has 1 fully saturated rings. The predicted octanol–water partition coefficient (Wildman–Crippen LogP) is 1.27. The predicted molar refractivity (Wildman–Crippen MR) is 75.2 cm³/mol. The molecule has 0 aromatic carbocycles. The van der Waals surface area contributed by atoms with Gasteiger partial charge in [0.15, 0.2) is 11.5 Å². The van der Waals surface area contributed by atoms with Crippen LogP contribution in [0.15, 0.2) is 6.20 Å². The van der Waals surface area contributed by atoms with Gasteiger partial charge in [-0.1, -0.05) is 0 Å². The Labute approximate surface area is 131 Å². The Balaban J connectivity index is 2.14. The maximum Gasteiger partial charge on any atom is 0.360 e. The number of carbonyl (C=O) groups excluding carboxylic acids is 2. The summed E-state index contributed by atoms with van der Waals surface area (Å²) in [6.45, 7) is 1.96. The van der Waals surface area contributed by atoms with Crippen molar-refractivity contribution in [3.05, 3.63) is 17.7 Å². The molecule has 126 valence electrons. The van der Waals surface area contributed by atoms with Gasteiger partial charge in [-0.15, -0.1) is 0 Å². The van der Waals surface area contributed by atoms with Crippen molar-refractivity contribution in [1.29, 1.82) is 0 Å². The quantitative estimate of drug-likeness (QED) is 0.770. The molecule has 7 nitrogen and oxygen atoms in total. The van der Waals surface area contributed by atoms with Crippen LogP contribution in [-0.4, -0.2) is 54.4 Å². The summed E-state index contributed by atoms with van der Waals surface area (Å²) in [5.41, 5.74) is -2.52. The van der Waals surface area contributed by atoms with E-state index in [2.05, 4.69) is 14.7 Å². The van der Waals surface area contributed by atoms with Gasteiger partial charge in [0.05, 0.1) is 19.9 Å². The second kappa shape index (κ2) is 6.84. The first-order valence-electron chi connectivity index (χ1n) is 7.13. The molecular weight excluding hydrogens is 312 g/mol. The number of nitrogens with zero attached hydrogens (tertiary/aromatic N) is 3. The number of anilines is 1. The number of alkyl halides is 1. The van der Waals surface area contributed by atoms with Gasteiger partial charge in [-0.25, -0.2) is 28.3 Å². The molecule has 9 heteroatoms. The fourth-order valence-corrected chi connectivity index (χ4v) is 2.30. The number of hydrogen-bond acceptors (Lipinski definition) is 7. The molecule has 0 saturated carbocycles. The minimum atomic E-state index is -2.05. The van der Waals surface area contributed by atoms with Crippen LogP contribution < -0.4 is 4.90 Å². The van der Waals surface area contributed by atoms with Gasteiger partial charge in [-0.2, -0.15) is 0 Å². The third-order valence-electron chi connectivity index (χ3n) is 3.59. The second-order valence-electron chi connectivity index (χ2n) is 5.03. The van der Waals surface area contributed by atoms with Gasteiger partial charge in [0.25, 0.3) is 0 Å². The molecule has 0 N–H and O–H groups in total. The van der Waals surface area contributed by atoms with E-state index in [0.717, 1.165) is 13.3 Å². The van der Waals surface area contributed by atoms with E-state index in [0.29, 0.717) is 0 Å². The summed E-state index contributed by atoms with van der Waals surface area (Å²) in [6, 6.07) is 0. The fourth-order valence-electron chi connectivity index (χ4n) is 2.30. The Kier molecular flexibility index (Phi) is 5.07. The number of carbonyl (C=O) groups is 2. The lowest BCUT2D eigenvalue weighted by Gasteiger charge is -2.34. The van der Waals surface area contributed by atoms with Crippen molar-refractivity contribution >= 4 is 17.9 Å². The van der Waals surface area contributed by atoms with Gasteiger partial charge in [0.1, 0.15) is 0 Å². The van der Waals surface area contributed by atoms with Crippen molar-refractivity contribution in [1.82, 2.24) is 9.97 Å². The topological polar surface area (TPSA) is 81.6 Å². The minimum Gasteiger partial charge on any atom is -0.467 e. The Morgan fingerprint density at radius 1 is 1.39 bits per heavy atom. The van der Waals surface area contributed by atoms with Gasteiger partial charge >= 0.3 is 11.9 Å². The van der Waals surface area contributed by atoms with Crippen molar-refractivity contribution in [2.24, 2.45) is 0 Å². The SMILES string of the molecule is CCOC(=O)c1nc(N2CCC(F)(C(=O)OC)CC2)ncc1F. The zero-order chi connectivity index (χ0) is 17.0. The lowest BCUT2D eigenvalue weighted by molar-refractivity contribution is -0.156. The van der Waals surface area contributed by atoms with Crippen LogP contribution in [0.3, 0.4) is 0 Å². The van der Waals surface area contributed by atoms with Crippen LogP contribution in [0.4, 0.5) is 14.7 Å². The third-order valence-corrected chi connectivity index (χ3v) is 3.59. The molecule has 23 heavy (non-hydrogen) atoms. The van der Waals surface area contributed by atoms with E-state index >= 15 is 0 Å². The molecule has 2 rings (SSSR count). The van der Waals surface area contributed by atoms with Crippen LogP contribution in [0.5, 0.6) is 0 Å². The van der Waals surface area contributed by atoms with Gasteiger partial charge < -0.3 is 14.4 Å². The number of aromatic nitrogens is 2. The van der Waals surface area contributed by atoms with Crippen LogP contribution in [0.1, 0.15) is 30.3 Å². The second-order valence-corrected chi connectivity index (χ2v) is 5.03. The highest BCUT2D eigenvalue weighted by Crippen LogP contribution is 2.29. The molecule has 0 radical (unpaired) electrons. The monoisotopic (exact) mass is 329 g/mol. The van der Waals surface area contributed by atoms with Crippen LogP contribution >= 0.6 is 0 Å². The Hall–Kier alpha value is -2.32. The van der Waals surface area contributed by atoms with E-state index in [1.165, 1.54) is 0 Å². The van der Waals surface area contributed by atoms with Crippen molar-refractivity contribution in [2.75, 3.05) is 31.7 Å². The molecular formula is C14H17F2N3O4. The number of rotatable bonds is 4. The van der Waals surface area contributed by atoms with Crippen molar-refractivity contribution in [2.45, 2.75) is 25.4 Å². The van der Waals surface area contributed by atoms with E-state index < -0.39 is 29.1 Å². The maximum atomic E-state index is 14.4. The van der Waals surface area contributed by atoms with E-state index in [4.69, 9.17) is 4.74 Å². The molecule has 1 aliphatic rings. The van der Waals surface area contributed by atoms with Gasteiger partial charge in [0.2, 0.25) is 11.6 Å². The number of hydrogen-bond donors (Lipinski definition) is 0. The number of methoxy groups -OCH3 is 1. The Bertz CT molecular complexity index is 604. The summed E-state index contributed by atoms with van der Waals surface area (Å²) in [6.07, 6.45) is 0.663. The molecule has 0 bridgehead atoms. The van der Waals surface area contributed by atoms with Crippen molar-refractivity contribution in [3.8, 4) is 0 Å². The van der Waals surface area contributed by atoms with Gasteiger partial charge in [-0.05, 0) is 6.92 Å². The van der Waals surface area contributed by atoms with E-state index in [-0.39, 0.29) is 38.5 Å². The molecule has 0 atom stereocenters. The molecule has 1 aliphatic heterocycles. The summed E-state index contributed by atoms with van der Waals surface area (Å²) < 4.78 is 37.1. The highest BCUT2D eigenvalue weighted by atomic mass is 19.1. The summed E-state index contributed by atoms with van der Waals surface area (Å²) >= 11 is 0. The van der Waals surface area contributed by atoms with E-state index in [1.807, 2.05) is 0 Å².